The van der Waals surface area contributed by atoms with E-state index in [1.54, 1.807) is 40.2 Å². The number of allylic oxidation sites excluding steroid dienone is 2. The quantitative estimate of drug-likeness (QED) is 0.210. The maximum absolute atomic E-state index is 14.3. The summed E-state index contributed by atoms with van der Waals surface area (Å²) < 4.78 is 63.7. The van der Waals surface area contributed by atoms with Crippen LogP contribution in [0.15, 0.2) is 59.3 Å². The van der Waals surface area contributed by atoms with Crippen molar-refractivity contribution >= 4 is 5.97 Å². The summed E-state index contributed by atoms with van der Waals surface area (Å²) >= 11 is 0. The van der Waals surface area contributed by atoms with Crippen LogP contribution in [0, 0.1) is 23.7 Å². The number of carbonyl (C=O) groups excluding carboxylic acids is 1. The fraction of sp³-hybridized carbons (Fsp3) is 0.771. The molecule has 0 aromatic rings. The second kappa shape index (κ2) is 19.7. The summed E-state index contributed by atoms with van der Waals surface area (Å²) in [5, 5.41) is 34.2. The van der Waals surface area contributed by atoms with Crippen molar-refractivity contribution in [3.8, 4) is 0 Å². The van der Waals surface area contributed by atoms with Crippen LogP contribution in [-0.4, -0.2) is 139 Å². The number of aliphatic hydroxyl groups excluding tert-OH is 2. The molecule has 3 N–H and O–H groups in total. The molecule has 14 heteroatoms. The normalized spacial score (nSPS) is 49.1. The van der Waals surface area contributed by atoms with Gasteiger partial charge in [-0.2, -0.15) is 0 Å². The second-order valence-corrected chi connectivity index (χ2v) is 19.0. The number of methoxy groups -OCH3 is 2. The Kier molecular flexibility index (Phi) is 15.1. The Morgan fingerprint density at radius 2 is 1.60 bits per heavy atom. The number of esters is 1. The monoisotopic (exact) mass is 872 g/mol. The number of aliphatic hydroxyl groups is 3. The lowest BCUT2D eigenvalue weighted by Gasteiger charge is -2.48. The third-order valence-electron chi connectivity index (χ3n) is 14.5. The fourth-order valence-electron chi connectivity index (χ4n) is 10.6. The van der Waals surface area contributed by atoms with E-state index in [0.717, 1.165) is 12.0 Å². The molecule has 348 valence electrons. The van der Waals surface area contributed by atoms with Crippen molar-refractivity contribution in [2.24, 2.45) is 23.7 Å². The highest BCUT2D eigenvalue weighted by Crippen LogP contribution is 2.47. The molecule has 0 aromatic carbocycles. The summed E-state index contributed by atoms with van der Waals surface area (Å²) in [6.07, 6.45) is 8.55. The fourth-order valence-corrected chi connectivity index (χ4v) is 10.6. The maximum Gasteiger partial charge on any atom is 0.316 e. The first kappa shape index (κ1) is 47.6. The van der Waals surface area contributed by atoms with Crippen LogP contribution in [0.3, 0.4) is 0 Å². The van der Waals surface area contributed by atoms with E-state index in [0.29, 0.717) is 43.3 Å². The van der Waals surface area contributed by atoms with Crippen LogP contribution in [0.1, 0.15) is 93.9 Å². The van der Waals surface area contributed by atoms with Gasteiger partial charge in [-0.05, 0) is 62.8 Å². The van der Waals surface area contributed by atoms with Gasteiger partial charge in [0.05, 0.1) is 49.3 Å². The number of hydrogen-bond donors (Lipinski definition) is 3. The zero-order chi connectivity index (χ0) is 44.7. The Hall–Kier alpha value is -2.31. The molecule has 0 radical (unpaired) electrons. The number of ether oxygens (including phenoxy) is 10. The van der Waals surface area contributed by atoms with E-state index in [-0.39, 0.29) is 42.7 Å². The van der Waals surface area contributed by atoms with E-state index in [4.69, 9.17) is 47.4 Å². The summed E-state index contributed by atoms with van der Waals surface area (Å²) in [6, 6.07) is 0. The van der Waals surface area contributed by atoms with Crippen LogP contribution < -0.4 is 0 Å². The van der Waals surface area contributed by atoms with Crippen molar-refractivity contribution in [2.45, 2.75) is 191 Å². The molecule has 4 fully saturated rings. The number of carbonyl (C=O) groups is 1. The van der Waals surface area contributed by atoms with E-state index < -0.39 is 90.8 Å². The van der Waals surface area contributed by atoms with Crippen LogP contribution in [0.2, 0.25) is 0 Å². The molecule has 0 saturated carbocycles. The first-order valence-corrected chi connectivity index (χ1v) is 22.9. The van der Waals surface area contributed by atoms with Gasteiger partial charge in [-0.1, -0.05) is 70.6 Å². The van der Waals surface area contributed by atoms with Crippen LogP contribution in [0.25, 0.3) is 0 Å². The smallest absolute Gasteiger partial charge is 0.316 e. The van der Waals surface area contributed by atoms with E-state index in [1.807, 2.05) is 32.1 Å². The van der Waals surface area contributed by atoms with Crippen molar-refractivity contribution in [1.29, 1.82) is 0 Å². The van der Waals surface area contributed by atoms with Crippen LogP contribution in [-0.2, 0) is 52.2 Å². The summed E-state index contributed by atoms with van der Waals surface area (Å²) in [5.41, 5.74) is 0.134. The van der Waals surface area contributed by atoms with Gasteiger partial charge in [0.25, 0.3) is 0 Å². The van der Waals surface area contributed by atoms with E-state index >= 15 is 0 Å². The molecule has 14 nitrogen and oxygen atoms in total. The van der Waals surface area contributed by atoms with Crippen molar-refractivity contribution in [3.05, 3.63) is 59.3 Å². The van der Waals surface area contributed by atoms with E-state index in [2.05, 4.69) is 39.8 Å². The minimum Gasteiger partial charge on any atom is -0.462 e. The second-order valence-electron chi connectivity index (χ2n) is 19.0. The summed E-state index contributed by atoms with van der Waals surface area (Å²) in [5.74, 6) is -2.56. The highest BCUT2D eigenvalue weighted by Gasteiger charge is 2.60. The Labute approximate surface area is 367 Å². The minimum atomic E-state index is -1.84. The molecule has 1 aliphatic carbocycles. The van der Waals surface area contributed by atoms with Crippen molar-refractivity contribution < 1.29 is 67.5 Å². The molecule has 62 heavy (non-hydrogen) atoms. The Morgan fingerprint density at radius 1 is 0.887 bits per heavy atom. The lowest BCUT2D eigenvalue weighted by molar-refractivity contribution is -0.318. The summed E-state index contributed by atoms with van der Waals surface area (Å²) in [6.45, 7) is 16.1. The third kappa shape index (κ3) is 9.64. The van der Waals surface area contributed by atoms with Crippen LogP contribution in [0.4, 0.5) is 0 Å². The standard InChI is InChI=1S/C48H72O14/c1-11-25(2)43-28(5)17-18-47(62-43)23-34-20-33(61-47)16-15-27(4)42(26(3)13-12-14-32-24-55-45-40(49)29(6)19-35(46(51)58-34)48(32,45)52)59-39-22-37(54-10)44(31(8)57-39)60-38-21-36(53-9)41(50)30(7)56-38/h12-15,17-19,25-26,28,30-31,33-45,49-50,52H,11,16,20-24H2,1-10H3/b13-12+,27-15+,32-14+/t25?,26-,28-,30?,31?,33+,34?,35-,36?,37?,38?,39?,40?,41-,42?,43?,44?,45+,47?,48+/m0/s1. The van der Waals surface area contributed by atoms with Gasteiger partial charge >= 0.3 is 5.97 Å². The molecular weight excluding hydrogens is 801 g/mol. The highest BCUT2D eigenvalue weighted by atomic mass is 16.7. The molecule has 0 aromatic heterocycles. The average molecular weight is 873 g/mol. The highest BCUT2D eigenvalue weighted by molar-refractivity contribution is 5.78. The Bertz CT molecular complexity index is 1730. The molecule has 2 bridgehead atoms. The van der Waals surface area contributed by atoms with Crippen molar-refractivity contribution in [3.63, 3.8) is 0 Å². The first-order valence-electron chi connectivity index (χ1n) is 22.9. The predicted octanol–water partition coefficient (Wildman–Crippen LogP) is 5.38. The number of hydrogen-bond acceptors (Lipinski definition) is 14. The molecule has 0 amide bonds. The van der Waals surface area contributed by atoms with Gasteiger partial charge in [0.1, 0.15) is 42.0 Å². The molecule has 7 aliphatic rings. The van der Waals surface area contributed by atoms with Gasteiger partial charge in [-0.15, -0.1) is 0 Å². The zero-order valence-corrected chi connectivity index (χ0v) is 38.2. The molecule has 20 atom stereocenters. The maximum atomic E-state index is 14.3. The molecule has 4 saturated heterocycles. The molecule has 6 heterocycles. The lowest BCUT2D eigenvalue weighted by atomic mass is 9.71. The van der Waals surface area contributed by atoms with Crippen LogP contribution in [0.5, 0.6) is 0 Å². The third-order valence-corrected chi connectivity index (χ3v) is 14.5. The molecule has 1 spiro atoms. The number of fused-ring (bicyclic) bond motifs is 2. The Morgan fingerprint density at radius 3 is 2.32 bits per heavy atom. The first-order chi connectivity index (χ1) is 29.5. The molecule has 7 rings (SSSR count). The molecule has 13 unspecified atom stereocenters. The van der Waals surface area contributed by atoms with Gasteiger partial charge < -0.3 is 62.7 Å². The largest absolute Gasteiger partial charge is 0.462 e. The summed E-state index contributed by atoms with van der Waals surface area (Å²) in [7, 11) is 3.22. The van der Waals surface area contributed by atoms with Gasteiger partial charge in [0.15, 0.2) is 18.4 Å². The topological polar surface area (TPSA) is 170 Å². The Balaban J connectivity index is 1.18. The SMILES string of the molecule is CCC(C)C1OC2(C=C[C@@H]1C)CC1C[C@@H](C/C=C(\C)C(OC3CC(OC)C(OC4CC(OC)[C@@H](O)C(C)O4)C(C)O3)[C@@H](C)/C=C/C=C3\CO[C@@H]4C(O)C(C)=C[C@@H](C(=O)O1)[C@]34O)O2. The minimum absolute atomic E-state index is 0.0317. The van der Waals surface area contributed by atoms with Gasteiger partial charge in [0.2, 0.25) is 0 Å². The van der Waals surface area contributed by atoms with E-state index in [1.165, 1.54) is 0 Å². The van der Waals surface area contributed by atoms with Crippen LogP contribution >= 0.6 is 0 Å². The van der Waals surface area contributed by atoms with Crippen molar-refractivity contribution in [1.82, 2.24) is 0 Å². The number of rotatable bonds is 8. The lowest BCUT2D eigenvalue weighted by Crippen LogP contribution is -2.58. The van der Waals surface area contributed by atoms with Crippen molar-refractivity contribution in [2.75, 3.05) is 20.8 Å². The van der Waals surface area contributed by atoms with E-state index in [9.17, 15) is 20.1 Å². The van der Waals surface area contributed by atoms with Gasteiger partial charge in [-0.25, -0.2) is 0 Å². The van der Waals surface area contributed by atoms with Gasteiger partial charge in [-0.3, -0.25) is 4.79 Å². The molecular formula is C48H72O14. The van der Waals surface area contributed by atoms with Gasteiger partial charge in [0, 0.05) is 51.7 Å². The molecule has 6 aliphatic heterocycles. The summed E-state index contributed by atoms with van der Waals surface area (Å²) in [4.78, 5) is 14.3. The average Bonchev–Trinajstić information content (AvgIpc) is 3.58. The predicted molar refractivity (Wildman–Crippen MR) is 227 cm³/mol. The zero-order valence-electron chi connectivity index (χ0n) is 38.2.